The van der Waals surface area contributed by atoms with Crippen LogP contribution in [0.4, 0.5) is 0 Å². The van der Waals surface area contributed by atoms with Gasteiger partial charge in [-0.3, -0.25) is 9.80 Å². The molecule has 2 aliphatic heterocycles. The number of aliphatic carboxylic acids is 1. The Morgan fingerprint density at radius 3 is 2.59 bits per heavy atom. The maximum absolute atomic E-state index is 11.3. The van der Waals surface area contributed by atoms with Crippen molar-refractivity contribution in [3.8, 4) is 0 Å². The van der Waals surface area contributed by atoms with Crippen LogP contribution in [0.2, 0.25) is 0 Å². The Bertz CT molecular complexity index is 575. The molecule has 2 aliphatic rings. The molecule has 5 heteroatoms. The number of carboxylic acid groups (broad SMARTS) is 1. The molecular formula is C17H21N3O2. The summed E-state index contributed by atoms with van der Waals surface area (Å²) in [4.78, 5) is 15.9. The number of carbonyl (C=O) groups is 1. The Kier molecular flexibility index (Phi) is 4.56. The number of hydrogen-bond donors (Lipinski definition) is 2. The van der Waals surface area contributed by atoms with Crippen LogP contribution in [0.25, 0.3) is 0 Å². The molecule has 0 saturated carbocycles. The van der Waals surface area contributed by atoms with Gasteiger partial charge in [0.2, 0.25) is 0 Å². The number of rotatable bonds is 4. The maximum Gasteiger partial charge on any atom is 0.335 e. The van der Waals surface area contributed by atoms with Crippen LogP contribution in [0.1, 0.15) is 5.56 Å². The molecule has 0 bridgehead atoms. The van der Waals surface area contributed by atoms with Crippen LogP contribution >= 0.6 is 0 Å². The molecule has 2 heterocycles. The normalized spacial score (nSPS) is 22.9. The first kappa shape index (κ1) is 14.8. The molecule has 5 nitrogen and oxygen atoms in total. The predicted octanol–water partition coefficient (Wildman–Crippen LogP) is 1.26. The predicted molar refractivity (Wildman–Crippen MR) is 85.1 cm³/mol. The van der Waals surface area contributed by atoms with E-state index in [2.05, 4.69) is 39.4 Å². The molecule has 0 aromatic heterocycles. The molecule has 1 aromatic carbocycles. The molecule has 0 spiro atoms. The third-order valence-electron chi connectivity index (χ3n) is 4.19. The van der Waals surface area contributed by atoms with Crippen LogP contribution in [0.3, 0.4) is 0 Å². The number of benzene rings is 1. The van der Waals surface area contributed by atoms with Gasteiger partial charge < -0.3 is 10.4 Å². The smallest absolute Gasteiger partial charge is 0.335 e. The lowest BCUT2D eigenvalue weighted by Gasteiger charge is -2.40. The molecule has 1 unspecified atom stereocenters. The number of carboxylic acids is 1. The minimum Gasteiger partial charge on any atom is -0.478 e. The highest BCUT2D eigenvalue weighted by Gasteiger charge is 2.29. The minimum atomic E-state index is -0.853. The van der Waals surface area contributed by atoms with Crippen LogP contribution in [-0.4, -0.2) is 53.2 Å². The van der Waals surface area contributed by atoms with Gasteiger partial charge in [0, 0.05) is 32.7 Å². The third-order valence-corrected chi connectivity index (χ3v) is 4.19. The SMILES string of the molecule is O=C(O)C1=CC=CNC1N1CCN(Cc2ccccc2)CC1. The Morgan fingerprint density at radius 2 is 1.91 bits per heavy atom. The van der Waals surface area contributed by atoms with Crippen LogP contribution in [0.5, 0.6) is 0 Å². The fourth-order valence-corrected chi connectivity index (χ4v) is 2.99. The van der Waals surface area contributed by atoms with Crippen LogP contribution < -0.4 is 5.32 Å². The zero-order chi connectivity index (χ0) is 15.4. The molecule has 1 aromatic rings. The van der Waals surface area contributed by atoms with Crippen LogP contribution in [0, 0.1) is 0 Å². The number of allylic oxidation sites excluding steroid dienone is 2. The topological polar surface area (TPSA) is 55.8 Å². The van der Waals surface area contributed by atoms with E-state index in [4.69, 9.17) is 0 Å². The Morgan fingerprint density at radius 1 is 1.18 bits per heavy atom. The first-order chi connectivity index (χ1) is 10.7. The van der Waals surface area contributed by atoms with Gasteiger partial charge in [-0.15, -0.1) is 0 Å². The average Bonchev–Trinajstić information content (AvgIpc) is 2.56. The first-order valence-corrected chi connectivity index (χ1v) is 7.60. The largest absolute Gasteiger partial charge is 0.478 e. The summed E-state index contributed by atoms with van der Waals surface area (Å²) in [7, 11) is 0. The summed E-state index contributed by atoms with van der Waals surface area (Å²) in [6.45, 7) is 4.58. The van der Waals surface area contributed by atoms with Crippen molar-refractivity contribution in [2.24, 2.45) is 0 Å². The van der Waals surface area contributed by atoms with Crippen molar-refractivity contribution >= 4 is 5.97 Å². The summed E-state index contributed by atoms with van der Waals surface area (Å²) in [6, 6.07) is 10.4. The summed E-state index contributed by atoms with van der Waals surface area (Å²) in [5.74, 6) is -0.853. The zero-order valence-electron chi connectivity index (χ0n) is 12.5. The van der Waals surface area contributed by atoms with Gasteiger partial charge in [0.15, 0.2) is 0 Å². The molecule has 3 rings (SSSR count). The highest BCUT2D eigenvalue weighted by molar-refractivity contribution is 5.88. The van der Waals surface area contributed by atoms with E-state index >= 15 is 0 Å². The van der Waals surface area contributed by atoms with Gasteiger partial charge in [-0.25, -0.2) is 4.79 Å². The molecule has 22 heavy (non-hydrogen) atoms. The summed E-state index contributed by atoms with van der Waals surface area (Å²) in [6.07, 6.45) is 5.01. The Hall–Kier alpha value is -2.11. The Balaban J connectivity index is 1.56. The third kappa shape index (κ3) is 3.37. The standard InChI is InChI=1S/C17H21N3O2/c21-17(22)15-7-4-8-18-16(15)20-11-9-19(10-12-20)13-14-5-2-1-3-6-14/h1-8,16,18H,9-13H2,(H,21,22). The van der Waals surface area contributed by atoms with Crippen molar-refractivity contribution in [3.05, 3.63) is 59.8 Å². The maximum atomic E-state index is 11.3. The Labute approximate surface area is 130 Å². The van der Waals surface area contributed by atoms with Gasteiger partial charge in [0.1, 0.15) is 6.17 Å². The van der Waals surface area contributed by atoms with Crippen LogP contribution in [0.15, 0.2) is 54.3 Å². The van der Waals surface area contributed by atoms with Gasteiger partial charge in [0.25, 0.3) is 0 Å². The van der Waals surface area contributed by atoms with Crippen molar-refractivity contribution in [2.45, 2.75) is 12.7 Å². The lowest BCUT2D eigenvalue weighted by atomic mass is 10.1. The van der Waals surface area contributed by atoms with Gasteiger partial charge in [-0.05, 0) is 23.9 Å². The molecule has 0 radical (unpaired) electrons. The molecule has 1 fully saturated rings. The molecule has 0 amide bonds. The monoisotopic (exact) mass is 299 g/mol. The average molecular weight is 299 g/mol. The van der Waals surface area contributed by atoms with E-state index in [-0.39, 0.29) is 6.17 Å². The summed E-state index contributed by atoms with van der Waals surface area (Å²) >= 11 is 0. The second-order valence-corrected chi connectivity index (χ2v) is 5.65. The van der Waals surface area contributed by atoms with Crippen molar-refractivity contribution < 1.29 is 9.90 Å². The van der Waals surface area contributed by atoms with E-state index < -0.39 is 5.97 Å². The van der Waals surface area contributed by atoms with Crippen molar-refractivity contribution in [3.63, 3.8) is 0 Å². The molecular weight excluding hydrogens is 278 g/mol. The molecule has 0 aliphatic carbocycles. The molecule has 116 valence electrons. The molecule has 2 N–H and O–H groups in total. The minimum absolute atomic E-state index is 0.221. The highest BCUT2D eigenvalue weighted by Crippen LogP contribution is 2.16. The zero-order valence-corrected chi connectivity index (χ0v) is 12.5. The number of nitrogens with zero attached hydrogens (tertiary/aromatic N) is 2. The first-order valence-electron chi connectivity index (χ1n) is 7.60. The van der Waals surface area contributed by atoms with Crippen molar-refractivity contribution in [1.29, 1.82) is 0 Å². The van der Waals surface area contributed by atoms with Gasteiger partial charge in [-0.1, -0.05) is 30.3 Å². The van der Waals surface area contributed by atoms with Gasteiger partial charge >= 0.3 is 5.97 Å². The van der Waals surface area contributed by atoms with E-state index in [0.29, 0.717) is 5.57 Å². The second-order valence-electron chi connectivity index (χ2n) is 5.65. The summed E-state index contributed by atoms with van der Waals surface area (Å²) < 4.78 is 0. The fourth-order valence-electron chi connectivity index (χ4n) is 2.99. The lowest BCUT2D eigenvalue weighted by Crippen LogP contribution is -2.55. The van der Waals surface area contributed by atoms with E-state index in [1.807, 2.05) is 12.3 Å². The number of piperazine rings is 1. The van der Waals surface area contributed by atoms with E-state index in [0.717, 1.165) is 32.7 Å². The number of dihydropyridines is 1. The van der Waals surface area contributed by atoms with E-state index in [9.17, 15) is 9.90 Å². The van der Waals surface area contributed by atoms with Crippen molar-refractivity contribution in [1.82, 2.24) is 15.1 Å². The van der Waals surface area contributed by atoms with E-state index in [1.54, 1.807) is 12.2 Å². The quantitative estimate of drug-likeness (QED) is 0.876. The summed E-state index contributed by atoms with van der Waals surface area (Å²) in [5.41, 5.74) is 1.74. The van der Waals surface area contributed by atoms with E-state index in [1.165, 1.54) is 5.56 Å². The molecule has 1 saturated heterocycles. The fraction of sp³-hybridized carbons (Fsp3) is 0.353. The highest BCUT2D eigenvalue weighted by atomic mass is 16.4. The number of nitrogens with one attached hydrogen (secondary N) is 1. The summed E-state index contributed by atoms with van der Waals surface area (Å²) in [5, 5.41) is 12.5. The van der Waals surface area contributed by atoms with Crippen LogP contribution in [-0.2, 0) is 11.3 Å². The molecule has 1 atom stereocenters. The second kappa shape index (κ2) is 6.77. The lowest BCUT2D eigenvalue weighted by molar-refractivity contribution is -0.133. The number of hydrogen-bond acceptors (Lipinski definition) is 4. The van der Waals surface area contributed by atoms with Crippen molar-refractivity contribution in [2.75, 3.05) is 26.2 Å². The van der Waals surface area contributed by atoms with Gasteiger partial charge in [0.05, 0.1) is 5.57 Å². The van der Waals surface area contributed by atoms with Gasteiger partial charge in [-0.2, -0.15) is 0 Å².